The Kier molecular flexibility index (Phi) is 6.11. The highest BCUT2D eigenvalue weighted by Crippen LogP contribution is 2.29. The van der Waals surface area contributed by atoms with Gasteiger partial charge < -0.3 is 10.1 Å². The fraction of sp³-hybridized carbons (Fsp3) is 0.667. The van der Waals surface area contributed by atoms with Gasteiger partial charge in [-0.15, -0.1) is 11.3 Å². The lowest BCUT2D eigenvalue weighted by molar-refractivity contribution is 0.415. The number of methoxy groups -OCH3 is 1. The molecular formula is C12H21NO3S2. The Hall–Kier alpha value is -0.590. The van der Waals surface area contributed by atoms with Crippen LogP contribution in [-0.2, 0) is 9.84 Å². The summed E-state index contributed by atoms with van der Waals surface area (Å²) in [5.41, 5.74) is 0. The number of rotatable bonds is 8. The van der Waals surface area contributed by atoms with Crippen molar-refractivity contribution in [2.24, 2.45) is 0 Å². The standard InChI is InChI=1S/C12H21NO3S2/c1-4-18(14,15)7-5-6-11(13-2)12-8-10(16-3)9-17-12/h8-9,11,13H,4-7H2,1-3H3. The number of hydrogen-bond donors (Lipinski definition) is 1. The van der Waals surface area contributed by atoms with Crippen LogP contribution >= 0.6 is 11.3 Å². The number of hydrogen-bond acceptors (Lipinski definition) is 5. The second kappa shape index (κ2) is 7.11. The summed E-state index contributed by atoms with van der Waals surface area (Å²) in [5.74, 6) is 1.35. The number of thiophene rings is 1. The molecule has 0 saturated carbocycles. The first-order valence-corrected chi connectivity index (χ1v) is 8.72. The number of nitrogens with one attached hydrogen (secondary N) is 1. The van der Waals surface area contributed by atoms with E-state index < -0.39 is 9.84 Å². The van der Waals surface area contributed by atoms with E-state index in [-0.39, 0.29) is 17.5 Å². The molecule has 4 nitrogen and oxygen atoms in total. The van der Waals surface area contributed by atoms with Crippen LogP contribution in [0.4, 0.5) is 0 Å². The maximum absolute atomic E-state index is 11.4. The van der Waals surface area contributed by atoms with Gasteiger partial charge in [-0.2, -0.15) is 0 Å². The molecule has 0 saturated heterocycles. The van der Waals surface area contributed by atoms with E-state index in [2.05, 4.69) is 5.32 Å². The number of ether oxygens (including phenoxy) is 1. The van der Waals surface area contributed by atoms with Crippen LogP contribution in [0, 0.1) is 0 Å². The molecule has 0 fully saturated rings. The van der Waals surface area contributed by atoms with Crippen molar-refractivity contribution < 1.29 is 13.2 Å². The Morgan fingerprint density at radius 3 is 2.72 bits per heavy atom. The number of sulfone groups is 1. The minimum atomic E-state index is -2.85. The minimum Gasteiger partial charge on any atom is -0.496 e. The van der Waals surface area contributed by atoms with Gasteiger partial charge in [0, 0.05) is 22.1 Å². The van der Waals surface area contributed by atoms with Gasteiger partial charge >= 0.3 is 0 Å². The Balaban J connectivity index is 2.52. The highest BCUT2D eigenvalue weighted by Gasteiger charge is 2.14. The second-order valence-electron chi connectivity index (χ2n) is 4.11. The first kappa shape index (κ1) is 15.5. The summed E-state index contributed by atoms with van der Waals surface area (Å²) in [7, 11) is 0.687. The summed E-state index contributed by atoms with van der Waals surface area (Å²) in [6.07, 6.45) is 1.50. The molecule has 1 unspecified atom stereocenters. The van der Waals surface area contributed by atoms with Gasteiger partial charge in [-0.1, -0.05) is 6.92 Å². The zero-order valence-electron chi connectivity index (χ0n) is 11.1. The molecule has 0 aromatic carbocycles. The second-order valence-corrected chi connectivity index (χ2v) is 7.52. The largest absolute Gasteiger partial charge is 0.496 e. The summed E-state index contributed by atoms with van der Waals surface area (Å²) in [6.45, 7) is 1.69. The summed E-state index contributed by atoms with van der Waals surface area (Å²) in [6, 6.07) is 2.20. The van der Waals surface area contributed by atoms with Gasteiger partial charge in [0.1, 0.15) is 15.6 Å². The van der Waals surface area contributed by atoms with Crippen LogP contribution in [0.3, 0.4) is 0 Å². The lowest BCUT2D eigenvalue weighted by Crippen LogP contribution is -2.17. The van der Waals surface area contributed by atoms with Gasteiger partial charge in [-0.25, -0.2) is 8.42 Å². The molecule has 6 heteroatoms. The van der Waals surface area contributed by atoms with E-state index in [1.165, 1.54) is 4.88 Å². The third-order valence-corrected chi connectivity index (χ3v) is 5.73. The van der Waals surface area contributed by atoms with Crippen molar-refractivity contribution in [1.82, 2.24) is 5.32 Å². The molecule has 0 radical (unpaired) electrons. The zero-order valence-corrected chi connectivity index (χ0v) is 12.7. The molecule has 0 aliphatic heterocycles. The fourth-order valence-electron chi connectivity index (χ4n) is 1.70. The fourth-order valence-corrected chi connectivity index (χ4v) is 3.60. The molecule has 1 aromatic heterocycles. The molecule has 0 aliphatic rings. The molecule has 0 bridgehead atoms. The summed E-state index contributed by atoms with van der Waals surface area (Å²) < 4.78 is 28.0. The van der Waals surface area contributed by atoms with E-state index >= 15 is 0 Å². The van der Waals surface area contributed by atoms with Crippen molar-refractivity contribution in [2.45, 2.75) is 25.8 Å². The van der Waals surface area contributed by atoms with Gasteiger partial charge in [-0.3, -0.25) is 0 Å². The molecule has 0 aliphatic carbocycles. The smallest absolute Gasteiger partial charge is 0.150 e. The van der Waals surface area contributed by atoms with E-state index in [1.54, 1.807) is 25.4 Å². The summed E-state index contributed by atoms with van der Waals surface area (Å²) in [5, 5.41) is 5.18. The maximum atomic E-state index is 11.4. The van der Waals surface area contributed by atoms with Crippen LogP contribution < -0.4 is 10.1 Å². The lowest BCUT2D eigenvalue weighted by Gasteiger charge is -2.14. The molecular weight excluding hydrogens is 270 g/mol. The average Bonchev–Trinajstić information content (AvgIpc) is 2.83. The van der Waals surface area contributed by atoms with Gasteiger partial charge in [0.05, 0.1) is 12.9 Å². The molecule has 18 heavy (non-hydrogen) atoms. The monoisotopic (exact) mass is 291 g/mol. The molecule has 1 atom stereocenters. The van der Waals surface area contributed by atoms with Crippen LogP contribution in [-0.4, -0.2) is 34.1 Å². The molecule has 0 amide bonds. The van der Waals surface area contributed by atoms with Gasteiger partial charge in [0.25, 0.3) is 0 Å². The van der Waals surface area contributed by atoms with Crippen LogP contribution in [0.1, 0.15) is 30.7 Å². The Bertz CT molecular complexity index is 454. The SMILES string of the molecule is CCS(=O)(=O)CCCC(NC)c1cc(OC)cs1. The molecule has 1 N–H and O–H groups in total. The molecule has 1 aromatic rings. The predicted octanol–water partition coefficient (Wildman–Crippen LogP) is 2.23. The first-order valence-electron chi connectivity index (χ1n) is 6.02. The molecule has 1 heterocycles. The Morgan fingerprint density at radius 2 is 2.22 bits per heavy atom. The minimum absolute atomic E-state index is 0.200. The van der Waals surface area contributed by atoms with Gasteiger partial charge in [-0.05, 0) is 26.0 Å². The topological polar surface area (TPSA) is 55.4 Å². The van der Waals surface area contributed by atoms with Crippen molar-refractivity contribution in [2.75, 3.05) is 25.7 Å². The van der Waals surface area contributed by atoms with Crippen molar-refractivity contribution in [1.29, 1.82) is 0 Å². The Labute approximate surface area is 113 Å². The van der Waals surface area contributed by atoms with Crippen LogP contribution in [0.15, 0.2) is 11.4 Å². The van der Waals surface area contributed by atoms with E-state index in [4.69, 9.17) is 4.74 Å². The van der Waals surface area contributed by atoms with Crippen molar-refractivity contribution in [3.05, 3.63) is 16.3 Å². The third-order valence-electron chi connectivity index (χ3n) is 2.91. The predicted molar refractivity (Wildman–Crippen MR) is 76.2 cm³/mol. The average molecular weight is 291 g/mol. The van der Waals surface area contributed by atoms with Crippen LogP contribution in [0.25, 0.3) is 0 Å². The van der Waals surface area contributed by atoms with Crippen molar-refractivity contribution >= 4 is 21.2 Å². The normalized spacial score (nSPS) is 13.5. The van der Waals surface area contributed by atoms with Crippen LogP contribution in [0.2, 0.25) is 0 Å². The van der Waals surface area contributed by atoms with Gasteiger partial charge in [0.15, 0.2) is 0 Å². The third kappa shape index (κ3) is 4.59. The lowest BCUT2D eigenvalue weighted by atomic mass is 10.1. The summed E-state index contributed by atoms with van der Waals surface area (Å²) >= 11 is 1.63. The molecule has 104 valence electrons. The van der Waals surface area contributed by atoms with Crippen LogP contribution in [0.5, 0.6) is 5.75 Å². The van der Waals surface area contributed by atoms with E-state index in [9.17, 15) is 8.42 Å². The summed E-state index contributed by atoms with van der Waals surface area (Å²) in [4.78, 5) is 1.18. The molecule has 1 rings (SSSR count). The first-order chi connectivity index (χ1) is 8.52. The highest BCUT2D eigenvalue weighted by molar-refractivity contribution is 7.91. The zero-order chi connectivity index (χ0) is 13.6. The van der Waals surface area contributed by atoms with E-state index in [0.717, 1.165) is 12.2 Å². The molecule has 0 spiro atoms. The van der Waals surface area contributed by atoms with Crippen molar-refractivity contribution in [3.8, 4) is 5.75 Å². The quantitative estimate of drug-likeness (QED) is 0.798. The van der Waals surface area contributed by atoms with Crippen molar-refractivity contribution in [3.63, 3.8) is 0 Å². The van der Waals surface area contributed by atoms with E-state index in [1.807, 2.05) is 18.5 Å². The Morgan fingerprint density at radius 1 is 1.50 bits per heavy atom. The van der Waals surface area contributed by atoms with Gasteiger partial charge in [0.2, 0.25) is 0 Å². The highest BCUT2D eigenvalue weighted by atomic mass is 32.2. The maximum Gasteiger partial charge on any atom is 0.150 e. The van der Waals surface area contributed by atoms with E-state index in [0.29, 0.717) is 6.42 Å².